The molecule has 0 heterocycles. The second-order valence-corrected chi connectivity index (χ2v) is 8.62. The third-order valence-corrected chi connectivity index (χ3v) is 6.18. The van der Waals surface area contributed by atoms with Gasteiger partial charge in [-0.3, -0.25) is 9.59 Å². The molecule has 4 rings (SSSR count). The Hall–Kier alpha value is -3.36. The van der Waals surface area contributed by atoms with E-state index in [1.165, 1.54) is 29.3 Å². The minimum absolute atomic E-state index is 0.0816. The van der Waals surface area contributed by atoms with E-state index in [4.69, 9.17) is 10.5 Å². The molecule has 8 nitrogen and oxygen atoms in total. The molecule has 0 aromatic heterocycles. The molecule has 0 radical (unpaired) electrons. The molecule has 2 aromatic rings. The number of ether oxygens (including phenoxy) is 1. The van der Waals surface area contributed by atoms with Gasteiger partial charge in [-0.2, -0.15) is 0 Å². The Balaban J connectivity index is 1.47. The second-order valence-electron chi connectivity index (χ2n) is 8.62. The van der Waals surface area contributed by atoms with E-state index in [1.807, 2.05) is 18.2 Å². The highest BCUT2D eigenvalue weighted by Gasteiger charge is 2.35. The van der Waals surface area contributed by atoms with Gasteiger partial charge in [0.25, 0.3) is 0 Å². The van der Waals surface area contributed by atoms with Crippen LogP contribution in [0.3, 0.4) is 0 Å². The van der Waals surface area contributed by atoms with Crippen LogP contribution in [0.15, 0.2) is 54.1 Å². The Morgan fingerprint density at radius 1 is 1.09 bits per heavy atom. The van der Waals surface area contributed by atoms with Crippen molar-refractivity contribution in [2.75, 3.05) is 0 Å². The number of fused-ring (bicyclic) bond motifs is 1. The summed E-state index contributed by atoms with van der Waals surface area (Å²) in [6, 6.07) is 11.0. The lowest BCUT2D eigenvalue weighted by Gasteiger charge is -2.31. The van der Waals surface area contributed by atoms with Crippen LogP contribution < -0.4 is 15.8 Å². The Labute approximate surface area is 191 Å². The average Bonchev–Trinajstić information content (AvgIpc) is 3.25. The molecule has 6 N–H and O–H groups in total. The van der Waals surface area contributed by atoms with Gasteiger partial charge in [0.05, 0.1) is 6.10 Å². The Kier molecular flexibility index (Phi) is 6.67. The van der Waals surface area contributed by atoms with Crippen molar-refractivity contribution >= 4 is 11.8 Å². The first kappa shape index (κ1) is 22.8. The van der Waals surface area contributed by atoms with Crippen LogP contribution in [-0.4, -0.2) is 51.5 Å². The fourth-order valence-electron chi connectivity index (χ4n) is 4.32. The van der Waals surface area contributed by atoms with E-state index in [1.54, 1.807) is 12.1 Å². The van der Waals surface area contributed by atoms with E-state index < -0.39 is 36.2 Å². The lowest BCUT2D eigenvalue weighted by Crippen LogP contribution is -2.49. The van der Waals surface area contributed by atoms with Crippen LogP contribution in [-0.2, 0) is 28.9 Å². The Bertz CT molecular complexity index is 1070. The minimum atomic E-state index is -1.20. The molecular weight excluding hydrogens is 424 g/mol. The van der Waals surface area contributed by atoms with Crippen LogP contribution in [0.2, 0.25) is 0 Å². The molecule has 174 valence electrons. The highest BCUT2D eigenvalue weighted by Crippen LogP contribution is 2.29. The highest BCUT2D eigenvalue weighted by molar-refractivity contribution is 5.97. The van der Waals surface area contributed by atoms with Gasteiger partial charge in [0.1, 0.15) is 29.7 Å². The van der Waals surface area contributed by atoms with Crippen molar-refractivity contribution in [2.24, 2.45) is 5.73 Å². The summed E-state index contributed by atoms with van der Waals surface area (Å²) in [4.78, 5) is 24.8. The number of amides is 2. The van der Waals surface area contributed by atoms with Gasteiger partial charge < -0.3 is 31.1 Å². The summed E-state index contributed by atoms with van der Waals surface area (Å²) in [6.07, 6.45) is 1.35. The number of primary amides is 1. The monoisotopic (exact) mass is 452 g/mol. The zero-order chi connectivity index (χ0) is 23.5. The molecule has 0 spiro atoms. The molecule has 0 saturated carbocycles. The molecular formula is C25H28N2O6. The summed E-state index contributed by atoms with van der Waals surface area (Å²) >= 11 is 0. The van der Waals surface area contributed by atoms with E-state index in [0.717, 1.165) is 19.3 Å². The fraction of sp³-hybridized carbons (Fsp3) is 0.360. The van der Waals surface area contributed by atoms with Crippen LogP contribution in [0.25, 0.3) is 0 Å². The minimum Gasteiger partial charge on any atom is -0.508 e. The van der Waals surface area contributed by atoms with Gasteiger partial charge in [0.15, 0.2) is 0 Å². The topological polar surface area (TPSA) is 142 Å². The molecule has 8 heteroatoms. The maximum absolute atomic E-state index is 12.9. The number of carbonyl (C=O) groups is 2. The van der Waals surface area contributed by atoms with Crippen molar-refractivity contribution in [1.29, 1.82) is 0 Å². The van der Waals surface area contributed by atoms with Crippen LogP contribution in [0, 0.1) is 0 Å². The number of hydrogen-bond donors (Lipinski definition) is 5. The van der Waals surface area contributed by atoms with Crippen molar-refractivity contribution in [1.82, 2.24) is 5.32 Å². The van der Waals surface area contributed by atoms with E-state index in [-0.39, 0.29) is 24.2 Å². The summed E-state index contributed by atoms with van der Waals surface area (Å²) in [5, 5.41) is 32.8. The van der Waals surface area contributed by atoms with Crippen LogP contribution >= 0.6 is 0 Å². The van der Waals surface area contributed by atoms with E-state index >= 15 is 0 Å². The smallest absolute Gasteiger partial charge is 0.247 e. The van der Waals surface area contributed by atoms with Gasteiger partial charge in [0, 0.05) is 18.4 Å². The lowest BCUT2D eigenvalue weighted by molar-refractivity contribution is -0.126. The van der Waals surface area contributed by atoms with Crippen LogP contribution in [0.1, 0.15) is 29.5 Å². The third kappa shape index (κ3) is 5.35. The summed E-state index contributed by atoms with van der Waals surface area (Å²) in [7, 11) is 0. The quantitative estimate of drug-likeness (QED) is 0.422. The van der Waals surface area contributed by atoms with E-state index in [0.29, 0.717) is 11.3 Å². The summed E-state index contributed by atoms with van der Waals surface area (Å²) in [5.74, 6) is -0.620. The maximum Gasteiger partial charge on any atom is 0.247 e. The van der Waals surface area contributed by atoms with Gasteiger partial charge in [-0.15, -0.1) is 0 Å². The molecule has 0 aliphatic heterocycles. The Morgan fingerprint density at radius 2 is 1.82 bits per heavy atom. The Morgan fingerprint density at radius 3 is 2.55 bits per heavy atom. The average molecular weight is 453 g/mol. The van der Waals surface area contributed by atoms with Crippen molar-refractivity contribution in [3.63, 3.8) is 0 Å². The highest BCUT2D eigenvalue weighted by atomic mass is 16.5. The van der Waals surface area contributed by atoms with E-state index in [2.05, 4.69) is 5.32 Å². The van der Waals surface area contributed by atoms with Gasteiger partial charge in [-0.25, -0.2) is 0 Å². The number of rotatable bonds is 7. The predicted molar refractivity (Wildman–Crippen MR) is 121 cm³/mol. The normalized spacial score (nSPS) is 22.7. The molecule has 0 fully saturated rings. The van der Waals surface area contributed by atoms with Gasteiger partial charge >= 0.3 is 0 Å². The van der Waals surface area contributed by atoms with Gasteiger partial charge in [0.2, 0.25) is 11.8 Å². The maximum atomic E-state index is 12.9. The number of nitrogens with two attached hydrogens (primary N) is 1. The second kappa shape index (κ2) is 9.64. The number of aliphatic hydroxyl groups is 2. The zero-order valence-electron chi connectivity index (χ0n) is 18.1. The number of phenolic OH excluding ortho intramolecular Hbond substituents is 1. The van der Waals surface area contributed by atoms with Gasteiger partial charge in [-0.1, -0.05) is 18.2 Å². The first-order valence-electron chi connectivity index (χ1n) is 11.0. The molecule has 33 heavy (non-hydrogen) atoms. The molecule has 4 atom stereocenters. The van der Waals surface area contributed by atoms with Crippen molar-refractivity contribution in [3.05, 3.63) is 70.8 Å². The predicted octanol–water partition coefficient (Wildman–Crippen LogP) is 0.893. The number of aliphatic hydroxyl groups excluding tert-OH is 2. The summed E-state index contributed by atoms with van der Waals surface area (Å²) < 4.78 is 5.92. The standard InChI is InChI=1S/C25H28N2O6/c26-24(31)20(10-14-4-7-18(28)8-5-14)27-25(32)17-12-21(29)23(30)22(13-17)33-19-9-6-15-2-1-3-16(15)11-19/h4-9,11,13,20-23,28-30H,1-3,10,12H2,(H2,26,31)(H,27,32). The van der Waals surface area contributed by atoms with Gasteiger partial charge in [-0.05, 0) is 66.3 Å². The molecule has 2 amide bonds. The molecule has 2 aromatic carbocycles. The first-order chi connectivity index (χ1) is 15.8. The van der Waals surface area contributed by atoms with Crippen molar-refractivity contribution in [2.45, 2.75) is 56.5 Å². The molecule has 2 aliphatic carbocycles. The molecule has 4 unspecified atom stereocenters. The summed E-state index contributed by atoms with van der Waals surface area (Å²) in [5.41, 5.74) is 8.89. The number of aromatic hydroxyl groups is 1. The molecule has 0 saturated heterocycles. The molecule has 0 bridgehead atoms. The van der Waals surface area contributed by atoms with E-state index in [9.17, 15) is 24.9 Å². The van der Waals surface area contributed by atoms with Crippen molar-refractivity contribution in [3.8, 4) is 11.5 Å². The number of phenols is 1. The third-order valence-electron chi connectivity index (χ3n) is 6.18. The number of hydrogen-bond acceptors (Lipinski definition) is 6. The first-order valence-corrected chi connectivity index (χ1v) is 11.0. The number of aryl methyl sites for hydroxylation is 2. The number of nitrogens with one attached hydrogen (secondary N) is 1. The fourth-order valence-corrected chi connectivity index (χ4v) is 4.32. The van der Waals surface area contributed by atoms with Crippen molar-refractivity contribution < 1.29 is 29.6 Å². The summed E-state index contributed by atoms with van der Waals surface area (Å²) in [6.45, 7) is 0. The molecule has 2 aliphatic rings. The largest absolute Gasteiger partial charge is 0.508 e. The van der Waals surface area contributed by atoms with Crippen LogP contribution in [0.5, 0.6) is 11.5 Å². The zero-order valence-corrected chi connectivity index (χ0v) is 18.1. The number of carbonyl (C=O) groups excluding carboxylic acids is 2. The van der Waals surface area contributed by atoms with Crippen LogP contribution in [0.4, 0.5) is 0 Å². The SMILES string of the molecule is NC(=O)C(Cc1ccc(O)cc1)NC(=O)C1=CC(Oc2ccc3c(c2)CCC3)C(O)C(O)C1. The lowest BCUT2D eigenvalue weighted by atomic mass is 9.91. The number of benzene rings is 2.